The number of nitrogens with one attached hydrogen (secondary N) is 1. The maximum absolute atomic E-state index is 6.12. The van der Waals surface area contributed by atoms with Crippen LogP contribution in [0.15, 0.2) is 48.5 Å². The Morgan fingerprint density at radius 3 is 2.24 bits per heavy atom. The minimum atomic E-state index is 0.619. The minimum absolute atomic E-state index is 0.619. The molecule has 1 aliphatic rings. The van der Waals surface area contributed by atoms with Crippen molar-refractivity contribution in [1.29, 1.82) is 0 Å². The van der Waals surface area contributed by atoms with Crippen molar-refractivity contribution in [3.63, 3.8) is 0 Å². The third kappa shape index (κ3) is 4.01. The average Bonchev–Trinajstić information content (AvgIpc) is 3.02. The van der Waals surface area contributed by atoms with Crippen LogP contribution in [-0.4, -0.2) is 41.0 Å². The molecule has 0 atom stereocenters. The van der Waals surface area contributed by atoms with E-state index in [9.17, 15) is 0 Å². The van der Waals surface area contributed by atoms with Crippen LogP contribution in [0.5, 0.6) is 0 Å². The first kappa shape index (κ1) is 16.9. The highest BCUT2D eigenvalue weighted by atomic mass is 35.5. The molecule has 2 aromatic carbocycles. The first-order valence-electron chi connectivity index (χ1n) is 8.63. The van der Waals surface area contributed by atoms with E-state index in [0.29, 0.717) is 10.0 Å². The molecule has 1 N–H and O–H groups in total. The second kappa shape index (κ2) is 7.38. The van der Waals surface area contributed by atoms with Crippen LogP contribution in [0.25, 0.3) is 10.9 Å². The molecule has 4 rings (SSSR count). The highest BCUT2D eigenvalue weighted by molar-refractivity contribution is 6.42. The fourth-order valence-electron chi connectivity index (χ4n) is 3.46. The summed E-state index contributed by atoms with van der Waals surface area (Å²) in [5, 5.41) is 2.54. The molecule has 0 unspecified atom stereocenters. The summed E-state index contributed by atoms with van der Waals surface area (Å²) in [6.07, 6.45) is 0. The molecule has 25 heavy (non-hydrogen) atoms. The number of hydrogen-bond acceptors (Lipinski definition) is 2. The first-order chi connectivity index (χ1) is 12.2. The van der Waals surface area contributed by atoms with Gasteiger partial charge in [0.05, 0.1) is 10.0 Å². The van der Waals surface area contributed by atoms with Crippen molar-refractivity contribution in [2.45, 2.75) is 13.1 Å². The largest absolute Gasteiger partial charge is 0.357 e. The van der Waals surface area contributed by atoms with Gasteiger partial charge in [-0.25, -0.2) is 0 Å². The number of benzene rings is 2. The summed E-state index contributed by atoms with van der Waals surface area (Å²) in [5.74, 6) is 0. The molecule has 0 aliphatic carbocycles. The van der Waals surface area contributed by atoms with E-state index in [1.807, 2.05) is 12.1 Å². The molecule has 0 amide bonds. The van der Waals surface area contributed by atoms with E-state index >= 15 is 0 Å². The van der Waals surface area contributed by atoms with Crippen molar-refractivity contribution in [3.8, 4) is 0 Å². The Bertz CT molecular complexity index is 833. The molecule has 0 bridgehead atoms. The molecular formula is C20H21Cl2N3. The zero-order valence-electron chi connectivity index (χ0n) is 14.0. The van der Waals surface area contributed by atoms with Crippen molar-refractivity contribution >= 4 is 34.1 Å². The second-order valence-corrected chi connectivity index (χ2v) is 7.50. The van der Waals surface area contributed by atoms with Gasteiger partial charge in [-0.05, 0) is 35.2 Å². The number of nitrogens with zero attached hydrogens (tertiary/aromatic N) is 2. The molecule has 5 heteroatoms. The Kier molecular flexibility index (Phi) is 5.00. The fraction of sp³-hybridized carbons (Fsp3) is 0.300. The minimum Gasteiger partial charge on any atom is -0.357 e. The number of fused-ring (bicyclic) bond motifs is 1. The molecule has 3 nitrogen and oxygen atoms in total. The summed E-state index contributed by atoms with van der Waals surface area (Å²) >= 11 is 12.1. The smallest absolute Gasteiger partial charge is 0.0595 e. The lowest BCUT2D eigenvalue weighted by molar-refractivity contribution is 0.121. The topological polar surface area (TPSA) is 22.3 Å². The standard InChI is InChI=1S/C20H21Cl2N3/c21-18-6-5-15(11-19(18)22)13-24-7-9-25(10-8-24)14-17-12-16-3-1-2-4-20(16)23-17/h1-6,11-12,23H,7-10,13-14H2. The lowest BCUT2D eigenvalue weighted by atomic mass is 10.2. The zero-order chi connectivity index (χ0) is 17.2. The van der Waals surface area contributed by atoms with Crippen molar-refractivity contribution in [2.24, 2.45) is 0 Å². The molecule has 1 aromatic heterocycles. The van der Waals surface area contributed by atoms with E-state index in [0.717, 1.165) is 39.3 Å². The maximum atomic E-state index is 6.12. The molecule has 0 saturated carbocycles. The van der Waals surface area contributed by atoms with E-state index in [-0.39, 0.29) is 0 Å². The van der Waals surface area contributed by atoms with Crippen molar-refractivity contribution in [1.82, 2.24) is 14.8 Å². The van der Waals surface area contributed by atoms with Gasteiger partial charge >= 0.3 is 0 Å². The predicted molar refractivity (Wildman–Crippen MR) is 105 cm³/mol. The van der Waals surface area contributed by atoms with Crippen molar-refractivity contribution < 1.29 is 0 Å². The van der Waals surface area contributed by atoms with Crippen LogP contribution < -0.4 is 0 Å². The Morgan fingerprint density at radius 1 is 0.800 bits per heavy atom. The predicted octanol–water partition coefficient (Wildman–Crippen LogP) is 4.79. The lowest BCUT2D eigenvalue weighted by Crippen LogP contribution is -2.45. The van der Waals surface area contributed by atoms with Crippen molar-refractivity contribution in [2.75, 3.05) is 26.2 Å². The van der Waals surface area contributed by atoms with E-state index in [1.54, 1.807) is 0 Å². The van der Waals surface area contributed by atoms with E-state index < -0.39 is 0 Å². The molecule has 1 aliphatic heterocycles. The van der Waals surface area contributed by atoms with Crippen LogP contribution in [-0.2, 0) is 13.1 Å². The Balaban J connectivity index is 1.32. The number of aromatic nitrogens is 1. The highest BCUT2D eigenvalue weighted by Crippen LogP contribution is 2.23. The molecule has 1 saturated heterocycles. The van der Waals surface area contributed by atoms with E-state index in [1.165, 1.54) is 22.2 Å². The summed E-state index contributed by atoms with van der Waals surface area (Å²) in [6, 6.07) is 16.6. The average molecular weight is 374 g/mol. The molecule has 1 fully saturated rings. The van der Waals surface area contributed by atoms with Crippen LogP contribution in [0.1, 0.15) is 11.3 Å². The number of halogens is 2. The molecule has 130 valence electrons. The third-order valence-corrected chi connectivity index (χ3v) is 5.57. The molecular weight excluding hydrogens is 353 g/mol. The molecule has 0 radical (unpaired) electrons. The van der Waals surface area contributed by atoms with Crippen LogP contribution in [0, 0.1) is 0 Å². The zero-order valence-corrected chi connectivity index (χ0v) is 15.5. The molecule has 2 heterocycles. The maximum Gasteiger partial charge on any atom is 0.0595 e. The third-order valence-electron chi connectivity index (χ3n) is 4.83. The van der Waals surface area contributed by atoms with Crippen molar-refractivity contribution in [3.05, 3.63) is 69.8 Å². The summed E-state index contributed by atoms with van der Waals surface area (Å²) in [5.41, 5.74) is 3.73. The molecule has 3 aromatic rings. The molecule has 0 spiro atoms. The van der Waals surface area contributed by atoms with Gasteiger partial charge in [-0.1, -0.05) is 47.5 Å². The quantitative estimate of drug-likeness (QED) is 0.709. The number of aromatic amines is 1. The van der Waals surface area contributed by atoms with Gasteiger partial charge in [-0.3, -0.25) is 9.80 Å². The van der Waals surface area contributed by atoms with Gasteiger partial charge in [0.15, 0.2) is 0 Å². The van der Waals surface area contributed by atoms with Gasteiger partial charge in [0.1, 0.15) is 0 Å². The number of hydrogen-bond donors (Lipinski definition) is 1. The summed E-state index contributed by atoms with van der Waals surface area (Å²) in [4.78, 5) is 8.51. The number of para-hydroxylation sites is 1. The van der Waals surface area contributed by atoms with Crippen LogP contribution in [0.4, 0.5) is 0 Å². The fourth-order valence-corrected chi connectivity index (χ4v) is 3.78. The van der Waals surface area contributed by atoms with Gasteiger partial charge in [0, 0.05) is 50.5 Å². The second-order valence-electron chi connectivity index (χ2n) is 6.68. The highest BCUT2D eigenvalue weighted by Gasteiger charge is 2.18. The summed E-state index contributed by atoms with van der Waals surface area (Å²) < 4.78 is 0. The first-order valence-corrected chi connectivity index (χ1v) is 9.38. The van der Waals surface area contributed by atoms with E-state index in [2.05, 4.69) is 51.2 Å². The number of piperazine rings is 1. The van der Waals surface area contributed by atoms with Gasteiger partial charge < -0.3 is 4.98 Å². The van der Waals surface area contributed by atoms with Gasteiger partial charge in [0.25, 0.3) is 0 Å². The number of rotatable bonds is 4. The summed E-state index contributed by atoms with van der Waals surface area (Å²) in [7, 11) is 0. The van der Waals surface area contributed by atoms with Crippen LogP contribution >= 0.6 is 23.2 Å². The van der Waals surface area contributed by atoms with Gasteiger partial charge in [-0.2, -0.15) is 0 Å². The Hall–Kier alpha value is -1.52. The summed E-state index contributed by atoms with van der Waals surface area (Å²) in [6.45, 7) is 6.21. The monoisotopic (exact) mass is 373 g/mol. The Morgan fingerprint density at radius 2 is 1.52 bits per heavy atom. The van der Waals surface area contributed by atoms with Crippen LogP contribution in [0.2, 0.25) is 10.0 Å². The van der Waals surface area contributed by atoms with Crippen LogP contribution in [0.3, 0.4) is 0 Å². The van der Waals surface area contributed by atoms with Gasteiger partial charge in [-0.15, -0.1) is 0 Å². The number of H-pyrrole nitrogens is 1. The lowest BCUT2D eigenvalue weighted by Gasteiger charge is -2.34. The SMILES string of the molecule is Clc1ccc(CN2CCN(Cc3cc4ccccc4[nH]3)CC2)cc1Cl. The normalized spacial score (nSPS) is 16.6. The van der Waals surface area contributed by atoms with Gasteiger partial charge in [0.2, 0.25) is 0 Å². The van der Waals surface area contributed by atoms with E-state index in [4.69, 9.17) is 23.2 Å². The Labute approximate surface area is 158 Å².